The number of carbonyl (C=O) groups excluding carboxylic acids is 1. The molecule has 4 aromatic rings. The molecule has 0 fully saturated rings. The molecule has 9 heteroatoms. The molecule has 0 atom stereocenters. The van der Waals surface area contributed by atoms with Gasteiger partial charge in [0.1, 0.15) is 17.1 Å². The van der Waals surface area contributed by atoms with E-state index in [4.69, 9.17) is 4.74 Å². The largest absolute Gasteiger partial charge is 0.456 e. The van der Waals surface area contributed by atoms with Gasteiger partial charge in [-0.05, 0) is 54.6 Å². The van der Waals surface area contributed by atoms with Gasteiger partial charge < -0.3 is 20.4 Å². The van der Waals surface area contributed by atoms with Crippen molar-refractivity contribution in [3.63, 3.8) is 0 Å². The molecule has 2 aromatic carbocycles. The highest BCUT2D eigenvalue weighted by atomic mass is 19.4. The number of amides is 2. The molecule has 0 radical (unpaired) electrons. The molecule has 0 unspecified atom stereocenters. The van der Waals surface area contributed by atoms with E-state index >= 15 is 0 Å². The molecule has 6 nitrogen and oxygen atoms in total. The number of ether oxygens (including phenoxy) is 1. The van der Waals surface area contributed by atoms with Gasteiger partial charge in [0.2, 0.25) is 0 Å². The normalized spacial score (nSPS) is 11.3. The Kier molecular flexibility index (Phi) is 5.01. The van der Waals surface area contributed by atoms with Crippen molar-refractivity contribution in [2.24, 2.45) is 0 Å². The first kappa shape index (κ1) is 19.3. The molecule has 0 saturated heterocycles. The summed E-state index contributed by atoms with van der Waals surface area (Å²) in [4.78, 5) is 19.3. The summed E-state index contributed by atoms with van der Waals surface area (Å²) in [5.74, 6) is 1.10. The van der Waals surface area contributed by atoms with Crippen LogP contribution >= 0.6 is 0 Å². The van der Waals surface area contributed by atoms with Crippen LogP contribution in [0, 0.1) is 0 Å². The topological polar surface area (TPSA) is 79.0 Å². The zero-order chi connectivity index (χ0) is 21.1. The van der Waals surface area contributed by atoms with E-state index in [1.54, 1.807) is 36.7 Å². The van der Waals surface area contributed by atoms with E-state index in [0.717, 1.165) is 23.2 Å². The van der Waals surface area contributed by atoms with Crippen LogP contribution < -0.4 is 15.4 Å². The quantitative estimate of drug-likeness (QED) is 0.384. The fourth-order valence-electron chi connectivity index (χ4n) is 2.78. The minimum absolute atomic E-state index is 0.0370. The number of halogens is 3. The maximum Gasteiger partial charge on any atom is 0.416 e. The number of nitrogens with zero attached hydrogens (tertiary/aromatic N) is 1. The third-order valence-corrected chi connectivity index (χ3v) is 4.17. The minimum Gasteiger partial charge on any atom is -0.456 e. The summed E-state index contributed by atoms with van der Waals surface area (Å²) in [5, 5.41) is 5.85. The van der Waals surface area contributed by atoms with Crippen molar-refractivity contribution < 1.29 is 22.7 Å². The lowest BCUT2D eigenvalue weighted by Crippen LogP contribution is -2.19. The smallest absolute Gasteiger partial charge is 0.416 e. The molecule has 0 bridgehead atoms. The van der Waals surface area contributed by atoms with Gasteiger partial charge in [-0.2, -0.15) is 13.2 Å². The fraction of sp³-hybridized carbons (Fsp3) is 0.0476. The second-order valence-electron chi connectivity index (χ2n) is 6.37. The number of aromatic amines is 1. The molecule has 0 aliphatic rings. The number of urea groups is 1. The van der Waals surface area contributed by atoms with E-state index in [1.807, 2.05) is 12.1 Å². The van der Waals surface area contributed by atoms with Gasteiger partial charge in [0, 0.05) is 23.0 Å². The molecule has 0 aliphatic carbocycles. The molecule has 2 amide bonds. The van der Waals surface area contributed by atoms with Crippen LogP contribution in [-0.4, -0.2) is 16.0 Å². The summed E-state index contributed by atoms with van der Waals surface area (Å²) in [6.45, 7) is 0. The summed E-state index contributed by atoms with van der Waals surface area (Å²) in [7, 11) is 0. The lowest BCUT2D eigenvalue weighted by molar-refractivity contribution is -0.137. The van der Waals surface area contributed by atoms with E-state index in [-0.39, 0.29) is 5.69 Å². The van der Waals surface area contributed by atoms with E-state index in [2.05, 4.69) is 20.6 Å². The highest BCUT2D eigenvalue weighted by Gasteiger charge is 2.30. The van der Waals surface area contributed by atoms with Crippen molar-refractivity contribution >= 4 is 28.4 Å². The number of anilines is 2. The highest BCUT2D eigenvalue weighted by Crippen LogP contribution is 2.30. The SMILES string of the molecule is O=C(Nc1ccc(Oc2cnc3[nH]ccc3c2)cc1)Nc1cccc(C(F)(F)F)c1. The number of alkyl halides is 3. The summed E-state index contributed by atoms with van der Waals surface area (Å²) < 4.78 is 44.0. The van der Waals surface area contributed by atoms with Crippen molar-refractivity contribution in [3.05, 3.63) is 78.6 Å². The van der Waals surface area contributed by atoms with Crippen molar-refractivity contribution in [1.82, 2.24) is 9.97 Å². The Morgan fingerprint density at radius 3 is 2.47 bits per heavy atom. The Balaban J connectivity index is 1.37. The molecule has 0 saturated carbocycles. The van der Waals surface area contributed by atoms with E-state index in [0.29, 0.717) is 17.2 Å². The van der Waals surface area contributed by atoms with Gasteiger partial charge in [0.25, 0.3) is 0 Å². The third-order valence-electron chi connectivity index (χ3n) is 4.17. The van der Waals surface area contributed by atoms with Crippen LogP contribution in [0.1, 0.15) is 5.56 Å². The van der Waals surface area contributed by atoms with Crippen LogP contribution in [-0.2, 0) is 6.18 Å². The summed E-state index contributed by atoms with van der Waals surface area (Å²) in [5.41, 5.74) is 0.406. The number of H-pyrrole nitrogens is 1. The number of carbonyl (C=O) groups is 1. The molecule has 2 heterocycles. The molecular weight excluding hydrogens is 397 g/mol. The number of rotatable bonds is 4. The van der Waals surface area contributed by atoms with Crippen LogP contribution in [0.2, 0.25) is 0 Å². The maximum absolute atomic E-state index is 12.8. The monoisotopic (exact) mass is 412 g/mol. The summed E-state index contributed by atoms with van der Waals surface area (Å²) in [6.07, 6.45) is -1.11. The molecule has 0 spiro atoms. The van der Waals surface area contributed by atoms with Gasteiger partial charge in [-0.1, -0.05) is 6.07 Å². The van der Waals surface area contributed by atoms with Crippen molar-refractivity contribution in [1.29, 1.82) is 0 Å². The van der Waals surface area contributed by atoms with Crippen LogP contribution in [0.15, 0.2) is 73.1 Å². The Hall–Kier alpha value is -4.01. The van der Waals surface area contributed by atoms with Gasteiger partial charge in [0.15, 0.2) is 0 Å². The van der Waals surface area contributed by atoms with Crippen molar-refractivity contribution in [2.45, 2.75) is 6.18 Å². The lowest BCUT2D eigenvalue weighted by atomic mass is 10.2. The number of pyridine rings is 1. The predicted octanol–water partition coefficient (Wildman–Crippen LogP) is 6.02. The molecule has 0 aliphatic heterocycles. The Morgan fingerprint density at radius 1 is 0.933 bits per heavy atom. The second kappa shape index (κ2) is 7.78. The average Bonchev–Trinajstić information content (AvgIpc) is 3.17. The Labute approximate surface area is 168 Å². The lowest BCUT2D eigenvalue weighted by Gasteiger charge is -2.11. The van der Waals surface area contributed by atoms with Gasteiger partial charge in [-0.15, -0.1) is 0 Å². The zero-order valence-corrected chi connectivity index (χ0v) is 15.3. The first-order valence-corrected chi connectivity index (χ1v) is 8.83. The molecule has 30 heavy (non-hydrogen) atoms. The van der Waals surface area contributed by atoms with E-state index in [9.17, 15) is 18.0 Å². The van der Waals surface area contributed by atoms with Crippen molar-refractivity contribution in [3.8, 4) is 11.5 Å². The first-order valence-electron chi connectivity index (χ1n) is 8.83. The van der Waals surface area contributed by atoms with Gasteiger partial charge in [0.05, 0.1) is 11.8 Å². The van der Waals surface area contributed by atoms with Crippen LogP contribution in [0.25, 0.3) is 11.0 Å². The number of fused-ring (bicyclic) bond motifs is 1. The predicted molar refractivity (Wildman–Crippen MR) is 107 cm³/mol. The average molecular weight is 412 g/mol. The minimum atomic E-state index is -4.48. The molecule has 3 N–H and O–H groups in total. The summed E-state index contributed by atoms with van der Waals surface area (Å²) in [6, 6.07) is 14.0. The summed E-state index contributed by atoms with van der Waals surface area (Å²) >= 11 is 0. The maximum atomic E-state index is 12.8. The van der Waals surface area contributed by atoms with E-state index in [1.165, 1.54) is 12.1 Å². The fourth-order valence-corrected chi connectivity index (χ4v) is 2.78. The molecular formula is C21H15F3N4O2. The number of hydrogen-bond donors (Lipinski definition) is 3. The highest BCUT2D eigenvalue weighted by molar-refractivity contribution is 5.99. The third kappa shape index (κ3) is 4.52. The Morgan fingerprint density at radius 2 is 1.70 bits per heavy atom. The van der Waals surface area contributed by atoms with Crippen LogP contribution in [0.5, 0.6) is 11.5 Å². The molecule has 2 aromatic heterocycles. The molecule has 152 valence electrons. The Bertz CT molecular complexity index is 1190. The zero-order valence-electron chi connectivity index (χ0n) is 15.3. The van der Waals surface area contributed by atoms with Gasteiger partial charge in [-0.3, -0.25) is 0 Å². The van der Waals surface area contributed by atoms with Crippen LogP contribution in [0.4, 0.5) is 29.3 Å². The number of nitrogens with one attached hydrogen (secondary N) is 3. The van der Waals surface area contributed by atoms with Gasteiger partial charge >= 0.3 is 12.2 Å². The number of aromatic nitrogens is 2. The van der Waals surface area contributed by atoms with Crippen LogP contribution in [0.3, 0.4) is 0 Å². The second-order valence-corrected chi connectivity index (χ2v) is 6.37. The number of benzene rings is 2. The van der Waals surface area contributed by atoms with Crippen molar-refractivity contribution in [2.75, 3.05) is 10.6 Å². The van der Waals surface area contributed by atoms with Gasteiger partial charge in [-0.25, -0.2) is 9.78 Å². The molecule has 4 rings (SSSR count). The number of hydrogen-bond acceptors (Lipinski definition) is 3. The van der Waals surface area contributed by atoms with E-state index < -0.39 is 17.8 Å². The first-order chi connectivity index (χ1) is 14.4. The standard InChI is InChI=1S/C21H15F3N4O2/c22-21(23,24)14-2-1-3-16(11-14)28-20(29)27-15-4-6-17(7-5-15)30-18-10-13-8-9-25-19(13)26-12-18/h1-12H,(H,25,26)(H2,27,28,29).